The highest BCUT2D eigenvalue weighted by molar-refractivity contribution is 9.09. The van der Waals surface area contributed by atoms with Gasteiger partial charge in [0.05, 0.1) is 0 Å². The third-order valence-electron chi connectivity index (χ3n) is 0.731. The molecule has 0 saturated heterocycles. The Labute approximate surface area is 54.8 Å². The number of halogens is 3. The first-order chi connectivity index (χ1) is 3.48. The molecule has 0 aliphatic rings. The summed E-state index contributed by atoms with van der Waals surface area (Å²) in [5.74, 6) is -2.98. The van der Waals surface area contributed by atoms with Gasteiger partial charge < -0.3 is 5.11 Å². The monoisotopic (exact) mass is 188 g/mol. The predicted octanol–water partition coefficient (Wildman–Crippen LogP) is 1.40. The molecule has 8 heavy (non-hydrogen) atoms. The highest BCUT2D eigenvalue weighted by Crippen LogP contribution is 2.17. The number of rotatable bonds is 2. The molecule has 0 aliphatic heterocycles. The molecule has 4 heteroatoms. The Hall–Kier alpha value is 0.300. The first-order valence-electron chi connectivity index (χ1n) is 2.10. The lowest BCUT2D eigenvalue weighted by Crippen LogP contribution is -2.30. The van der Waals surface area contributed by atoms with Gasteiger partial charge in [0.2, 0.25) is 0 Å². The number of hydrogen-bond acceptors (Lipinski definition) is 1. The molecule has 0 fully saturated rings. The normalized spacial score (nSPS) is 16.1. The molecule has 0 aromatic carbocycles. The van der Waals surface area contributed by atoms with Crippen LogP contribution in [0.3, 0.4) is 0 Å². The lowest BCUT2D eigenvalue weighted by Gasteiger charge is -2.14. The maximum atomic E-state index is 11.8. The van der Waals surface area contributed by atoms with Crippen molar-refractivity contribution in [3.8, 4) is 0 Å². The molecule has 0 spiro atoms. The average Bonchev–Trinajstić information content (AvgIpc) is 1.62. The van der Waals surface area contributed by atoms with Crippen LogP contribution >= 0.6 is 15.9 Å². The molecule has 0 rings (SSSR count). The third kappa shape index (κ3) is 2.57. The summed E-state index contributed by atoms with van der Waals surface area (Å²) in [5, 5.41) is 8.31. The van der Waals surface area contributed by atoms with Crippen LogP contribution in [0.5, 0.6) is 0 Å². The van der Waals surface area contributed by atoms with Gasteiger partial charge in [-0.1, -0.05) is 15.9 Å². The van der Waals surface area contributed by atoms with Gasteiger partial charge >= 0.3 is 0 Å². The Bertz CT molecular complexity index is 70.9. The first kappa shape index (κ1) is 8.30. The summed E-state index contributed by atoms with van der Waals surface area (Å²) in [5.41, 5.74) is 0. The van der Waals surface area contributed by atoms with E-state index in [4.69, 9.17) is 5.11 Å². The quantitative estimate of drug-likeness (QED) is 0.651. The fourth-order valence-corrected chi connectivity index (χ4v) is 0.704. The summed E-state index contributed by atoms with van der Waals surface area (Å²) in [6.45, 7) is 0.679. The van der Waals surface area contributed by atoms with Crippen LogP contribution in [0.1, 0.15) is 6.92 Å². The molecular weight excluding hydrogens is 182 g/mol. The molecule has 50 valence electrons. The van der Waals surface area contributed by atoms with Crippen LogP contribution in [-0.4, -0.2) is 22.5 Å². The summed E-state index contributed by atoms with van der Waals surface area (Å²) in [7, 11) is 0. The van der Waals surface area contributed by atoms with Crippen molar-refractivity contribution in [1.29, 1.82) is 0 Å². The minimum Gasteiger partial charge on any atom is -0.386 e. The zero-order valence-electron chi connectivity index (χ0n) is 4.37. The summed E-state index contributed by atoms with van der Waals surface area (Å²) in [4.78, 5) is 0. The minimum absolute atomic E-state index is 0.0868. The van der Waals surface area contributed by atoms with Crippen molar-refractivity contribution in [2.75, 3.05) is 5.33 Å². The zero-order chi connectivity index (χ0) is 6.78. The maximum absolute atomic E-state index is 11.8. The summed E-state index contributed by atoms with van der Waals surface area (Å²) in [6, 6.07) is 0. The van der Waals surface area contributed by atoms with Crippen molar-refractivity contribution >= 4 is 15.9 Å². The Kier molecular flexibility index (Phi) is 2.83. The molecule has 0 heterocycles. The van der Waals surface area contributed by atoms with Crippen molar-refractivity contribution in [3.63, 3.8) is 0 Å². The third-order valence-corrected chi connectivity index (χ3v) is 1.34. The van der Waals surface area contributed by atoms with E-state index in [0.717, 1.165) is 0 Å². The molecule has 1 N–H and O–H groups in total. The SMILES string of the molecule is CC(F)(F)C(O)CBr. The molecule has 1 unspecified atom stereocenters. The Morgan fingerprint density at radius 2 is 2.12 bits per heavy atom. The van der Waals surface area contributed by atoms with Crippen LogP contribution in [0, 0.1) is 0 Å². The Morgan fingerprint density at radius 3 is 2.12 bits per heavy atom. The van der Waals surface area contributed by atoms with E-state index >= 15 is 0 Å². The molecule has 1 nitrogen and oxygen atoms in total. The van der Waals surface area contributed by atoms with Crippen LogP contribution in [0.2, 0.25) is 0 Å². The van der Waals surface area contributed by atoms with Crippen molar-refractivity contribution in [1.82, 2.24) is 0 Å². The van der Waals surface area contributed by atoms with E-state index in [2.05, 4.69) is 15.9 Å². The topological polar surface area (TPSA) is 20.2 Å². The van der Waals surface area contributed by atoms with Crippen molar-refractivity contribution in [3.05, 3.63) is 0 Å². The summed E-state index contributed by atoms with van der Waals surface area (Å²) >= 11 is 2.72. The van der Waals surface area contributed by atoms with E-state index in [-0.39, 0.29) is 5.33 Å². The number of alkyl halides is 3. The highest BCUT2D eigenvalue weighted by atomic mass is 79.9. The van der Waals surface area contributed by atoms with Crippen molar-refractivity contribution in [2.24, 2.45) is 0 Å². The molecule has 0 radical (unpaired) electrons. The Balaban J connectivity index is 3.62. The number of hydrogen-bond donors (Lipinski definition) is 1. The molecule has 0 saturated carbocycles. The molecular formula is C4H7BrF2O. The van der Waals surface area contributed by atoms with Crippen molar-refractivity contribution in [2.45, 2.75) is 19.0 Å². The van der Waals surface area contributed by atoms with Gasteiger partial charge in [-0.3, -0.25) is 0 Å². The standard InChI is InChI=1S/C4H7BrF2O/c1-4(6,7)3(8)2-5/h3,8H,2H2,1H3. The first-order valence-corrected chi connectivity index (χ1v) is 3.22. The molecule has 0 aromatic heterocycles. The number of aliphatic hydroxyl groups is 1. The largest absolute Gasteiger partial charge is 0.386 e. The smallest absolute Gasteiger partial charge is 0.271 e. The van der Waals surface area contributed by atoms with Gasteiger partial charge in [-0.25, -0.2) is 8.78 Å². The van der Waals surface area contributed by atoms with E-state index in [1.54, 1.807) is 0 Å². The second-order valence-electron chi connectivity index (χ2n) is 1.63. The van der Waals surface area contributed by atoms with Crippen LogP contribution in [0.4, 0.5) is 8.78 Å². The second kappa shape index (κ2) is 2.73. The minimum atomic E-state index is -2.98. The van der Waals surface area contributed by atoms with E-state index in [1.165, 1.54) is 0 Å². The van der Waals surface area contributed by atoms with E-state index in [1.807, 2.05) is 0 Å². The maximum Gasteiger partial charge on any atom is 0.271 e. The average molecular weight is 189 g/mol. The van der Waals surface area contributed by atoms with E-state index < -0.39 is 12.0 Å². The number of aliphatic hydroxyl groups excluding tert-OH is 1. The molecule has 0 amide bonds. The highest BCUT2D eigenvalue weighted by Gasteiger charge is 2.30. The van der Waals surface area contributed by atoms with Gasteiger partial charge in [-0.05, 0) is 0 Å². The zero-order valence-corrected chi connectivity index (χ0v) is 5.95. The molecule has 0 aromatic rings. The Morgan fingerprint density at radius 1 is 1.75 bits per heavy atom. The second-order valence-corrected chi connectivity index (χ2v) is 2.27. The predicted molar refractivity (Wildman–Crippen MR) is 30.4 cm³/mol. The van der Waals surface area contributed by atoms with E-state index in [9.17, 15) is 8.78 Å². The lowest BCUT2D eigenvalue weighted by molar-refractivity contribution is -0.0809. The van der Waals surface area contributed by atoms with Gasteiger partial charge in [0.1, 0.15) is 6.10 Å². The van der Waals surface area contributed by atoms with E-state index in [0.29, 0.717) is 6.92 Å². The molecule has 1 atom stereocenters. The summed E-state index contributed by atoms with van der Waals surface area (Å²) < 4.78 is 23.7. The van der Waals surface area contributed by atoms with Crippen LogP contribution in [0.15, 0.2) is 0 Å². The fourth-order valence-electron chi connectivity index (χ4n) is 0.135. The fraction of sp³-hybridized carbons (Fsp3) is 1.00. The van der Waals surface area contributed by atoms with Gasteiger partial charge in [-0.15, -0.1) is 0 Å². The lowest BCUT2D eigenvalue weighted by atomic mass is 10.2. The van der Waals surface area contributed by atoms with Gasteiger partial charge in [0, 0.05) is 12.3 Å². The summed E-state index contributed by atoms with van der Waals surface area (Å²) in [6.07, 6.45) is -1.57. The van der Waals surface area contributed by atoms with Gasteiger partial charge in [0.15, 0.2) is 0 Å². The molecule has 0 bridgehead atoms. The van der Waals surface area contributed by atoms with Crippen molar-refractivity contribution < 1.29 is 13.9 Å². The van der Waals surface area contributed by atoms with Crippen LogP contribution in [0.25, 0.3) is 0 Å². The van der Waals surface area contributed by atoms with Gasteiger partial charge in [-0.2, -0.15) is 0 Å². The van der Waals surface area contributed by atoms with Crippen LogP contribution < -0.4 is 0 Å². The molecule has 0 aliphatic carbocycles. The van der Waals surface area contributed by atoms with Gasteiger partial charge in [0.25, 0.3) is 5.92 Å². The van der Waals surface area contributed by atoms with Crippen LogP contribution in [-0.2, 0) is 0 Å².